The first-order chi connectivity index (χ1) is 8.40. The molecule has 1 aromatic carbocycles. The van der Waals surface area contributed by atoms with Gasteiger partial charge in [-0.1, -0.05) is 18.2 Å². The van der Waals surface area contributed by atoms with Crippen LogP contribution in [0.4, 0.5) is 5.69 Å². The van der Waals surface area contributed by atoms with Crippen LogP contribution in [0.15, 0.2) is 30.3 Å². The molecule has 3 heteroatoms. The summed E-state index contributed by atoms with van der Waals surface area (Å²) in [4.78, 5) is 2.25. The van der Waals surface area contributed by atoms with Crippen LogP contribution >= 0.6 is 0 Å². The molecule has 90 valence electrons. The molecule has 1 aliphatic heterocycles. The van der Waals surface area contributed by atoms with Crippen LogP contribution in [-0.2, 0) is 4.74 Å². The minimum absolute atomic E-state index is 0.328. The molecule has 1 aliphatic rings. The van der Waals surface area contributed by atoms with Gasteiger partial charge in [0.1, 0.15) is 0 Å². The summed E-state index contributed by atoms with van der Waals surface area (Å²) in [5, 5.41) is 8.71. The summed E-state index contributed by atoms with van der Waals surface area (Å²) >= 11 is 0. The Hall–Kier alpha value is -1.53. The van der Waals surface area contributed by atoms with E-state index in [1.165, 1.54) is 5.69 Å². The van der Waals surface area contributed by atoms with Crippen LogP contribution in [0.3, 0.4) is 0 Å². The summed E-state index contributed by atoms with van der Waals surface area (Å²) in [6.45, 7) is 2.55. The molecule has 1 unspecified atom stereocenters. The quantitative estimate of drug-likeness (QED) is 0.780. The van der Waals surface area contributed by atoms with Crippen LogP contribution in [0.2, 0.25) is 0 Å². The summed E-state index contributed by atoms with van der Waals surface area (Å²) < 4.78 is 5.66. The second-order valence-electron chi connectivity index (χ2n) is 4.32. The van der Waals surface area contributed by atoms with Gasteiger partial charge in [0.05, 0.1) is 18.6 Å². The molecular formula is C14H18N2O. The van der Waals surface area contributed by atoms with Crippen molar-refractivity contribution < 1.29 is 4.74 Å². The monoisotopic (exact) mass is 230 g/mol. The Bertz CT molecular complexity index is 366. The van der Waals surface area contributed by atoms with Crippen LogP contribution in [0.25, 0.3) is 0 Å². The second-order valence-corrected chi connectivity index (χ2v) is 4.32. The number of benzene rings is 1. The molecular weight excluding hydrogens is 212 g/mol. The summed E-state index contributed by atoms with van der Waals surface area (Å²) in [7, 11) is 0. The number of para-hydroxylation sites is 1. The average molecular weight is 230 g/mol. The smallest absolute Gasteiger partial charge is 0.0750 e. The SMILES string of the molecule is N#CCCN(CC1CCCO1)c1ccccc1. The molecule has 1 heterocycles. The van der Waals surface area contributed by atoms with Crippen molar-refractivity contribution in [2.45, 2.75) is 25.4 Å². The highest BCUT2D eigenvalue weighted by Crippen LogP contribution is 2.19. The van der Waals surface area contributed by atoms with Crippen LogP contribution in [0.5, 0.6) is 0 Å². The van der Waals surface area contributed by atoms with Crippen LogP contribution in [-0.4, -0.2) is 25.8 Å². The maximum absolute atomic E-state index is 8.71. The highest BCUT2D eigenvalue weighted by atomic mass is 16.5. The van der Waals surface area contributed by atoms with Crippen LogP contribution in [0, 0.1) is 11.3 Å². The molecule has 1 fully saturated rings. The van der Waals surface area contributed by atoms with Gasteiger partial charge in [-0.25, -0.2) is 0 Å². The highest BCUT2D eigenvalue weighted by molar-refractivity contribution is 5.46. The highest BCUT2D eigenvalue weighted by Gasteiger charge is 2.19. The predicted octanol–water partition coefficient (Wildman–Crippen LogP) is 2.59. The molecule has 1 atom stereocenters. The number of nitrogens with zero attached hydrogens (tertiary/aromatic N) is 2. The zero-order valence-corrected chi connectivity index (χ0v) is 10.0. The van der Waals surface area contributed by atoms with Crippen LogP contribution < -0.4 is 4.90 Å². The fourth-order valence-corrected chi connectivity index (χ4v) is 2.18. The van der Waals surface area contributed by atoms with Crippen molar-refractivity contribution in [1.82, 2.24) is 0 Å². The van der Waals surface area contributed by atoms with Crippen molar-refractivity contribution >= 4 is 5.69 Å². The molecule has 0 N–H and O–H groups in total. The van der Waals surface area contributed by atoms with Crippen molar-refractivity contribution in [2.24, 2.45) is 0 Å². The number of hydrogen-bond acceptors (Lipinski definition) is 3. The van der Waals surface area contributed by atoms with E-state index in [0.29, 0.717) is 12.5 Å². The average Bonchev–Trinajstić information content (AvgIpc) is 2.88. The number of anilines is 1. The zero-order chi connectivity index (χ0) is 11.9. The molecule has 2 rings (SSSR count). The Labute approximate surface area is 103 Å². The third-order valence-electron chi connectivity index (χ3n) is 3.06. The lowest BCUT2D eigenvalue weighted by Gasteiger charge is -2.26. The Morgan fingerprint density at radius 2 is 2.18 bits per heavy atom. The van der Waals surface area contributed by atoms with Crippen LogP contribution in [0.1, 0.15) is 19.3 Å². The third-order valence-corrected chi connectivity index (χ3v) is 3.06. The predicted molar refractivity (Wildman–Crippen MR) is 67.9 cm³/mol. The minimum Gasteiger partial charge on any atom is -0.376 e. The maximum atomic E-state index is 8.71. The number of rotatable bonds is 5. The Kier molecular flexibility index (Phi) is 4.40. The molecule has 17 heavy (non-hydrogen) atoms. The van der Waals surface area contributed by atoms with Crippen molar-refractivity contribution in [3.63, 3.8) is 0 Å². The third kappa shape index (κ3) is 3.47. The molecule has 3 nitrogen and oxygen atoms in total. The molecule has 0 amide bonds. The van der Waals surface area contributed by atoms with Gasteiger partial charge in [0.15, 0.2) is 0 Å². The van der Waals surface area contributed by atoms with Gasteiger partial charge in [-0.05, 0) is 25.0 Å². The Morgan fingerprint density at radius 3 is 2.82 bits per heavy atom. The van der Waals surface area contributed by atoms with Crippen molar-refractivity contribution in [2.75, 3.05) is 24.6 Å². The summed E-state index contributed by atoms with van der Waals surface area (Å²) in [5.74, 6) is 0. The summed E-state index contributed by atoms with van der Waals surface area (Å²) in [6, 6.07) is 12.5. The van der Waals surface area contributed by atoms with E-state index >= 15 is 0 Å². The van der Waals surface area contributed by atoms with Gasteiger partial charge in [-0.2, -0.15) is 5.26 Å². The van der Waals surface area contributed by atoms with E-state index in [0.717, 1.165) is 32.5 Å². The number of ether oxygens (including phenoxy) is 1. The van der Waals surface area contributed by atoms with Crippen molar-refractivity contribution in [3.8, 4) is 6.07 Å². The lowest BCUT2D eigenvalue weighted by molar-refractivity contribution is 0.115. The number of nitriles is 1. The molecule has 1 aromatic rings. The molecule has 1 saturated heterocycles. The van der Waals surface area contributed by atoms with Gasteiger partial charge in [0, 0.05) is 25.4 Å². The van der Waals surface area contributed by atoms with E-state index in [9.17, 15) is 0 Å². The summed E-state index contributed by atoms with van der Waals surface area (Å²) in [6.07, 6.45) is 3.18. The van der Waals surface area contributed by atoms with E-state index in [-0.39, 0.29) is 0 Å². The molecule has 0 saturated carbocycles. The molecule has 0 aliphatic carbocycles. The van der Waals surface area contributed by atoms with E-state index < -0.39 is 0 Å². The fourth-order valence-electron chi connectivity index (χ4n) is 2.18. The van der Waals surface area contributed by atoms with E-state index in [1.54, 1.807) is 0 Å². The standard InChI is InChI=1S/C14H18N2O/c15-9-5-10-16(12-14-8-4-11-17-14)13-6-2-1-3-7-13/h1-3,6-7,14H,4-5,8,10-12H2. The lowest BCUT2D eigenvalue weighted by atomic mass is 10.2. The van der Waals surface area contributed by atoms with E-state index in [4.69, 9.17) is 10.00 Å². The largest absolute Gasteiger partial charge is 0.376 e. The first-order valence-electron chi connectivity index (χ1n) is 6.18. The Morgan fingerprint density at radius 1 is 1.35 bits per heavy atom. The van der Waals surface area contributed by atoms with E-state index in [2.05, 4.69) is 23.1 Å². The van der Waals surface area contributed by atoms with Gasteiger partial charge >= 0.3 is 0 Å². The van der Waals surface area contributed by atoms with Crippen molar-refractivity contribution in [3.05, 3.63) is 30.3 Å². The first kappa shape index (κ1) is 11.9. The molecule has 0 spiro atoms. The van der Waals surface area contributed by atoms with E-state index in [1.807, 2.05) is 18.2 Å². The molecule has 0 bridgehead atoms. The fraction of sp³-hybridized carbons (Fsp3) is 0.500. The van der Waals surface area contributed by atoms with Gasteiger partial charge < -0.3 is 9.64 Å². The zero-order valence-electron chi connectivity index (χ0n) is 10.0. The maximum Gasteiger partial charge on any atom is 0.0750 e. The lowest BCUT2D eigenvalue weighted by Crippen LogP contribution is -2.32. The molecule has 0 radical (unpaired) electrons. The topological polar surface area (TPSA) is 36.3 Å². The second kappa shape index (κ2) is 6.27. The first-order valence-corrected chi connectivity index (χ1v) is 6.18. The normalized spacial score (nSPS) is 18.9. The van der Waals surface area contributed by atoms with Gasteiger partial charge in [-0.3, -0.25) is 0 Å². The molecule has 0 aromatic heterocycles. The van der Waals surface area contributed by atoms with Gasteiger partial charge in [0.2, 0.25) is 0 Å². The summed E-state index contributed by atoms with van der Waals surface area (Å²) in [5.41, 5.74) is 1.18. The minimum atomic E-state index is 0.328. The van der Waals surface area contributed by atoms with Gasteiger partial charge in [-0.15, -0.1) is 0 Å². The Balaban J connectivity index is 2.00. The number of hydrogen-bond donors (Lipinski definition) is 0. The van der Waals surface area contributed by atoms with Crippen molar-refractivity contribution in [1.29, 1.82) is 5.26 Å². The van der Waals surface area contributed by atoms with Gasteiger partial charge in [0.25, 0.3) is 0 Å².